The molecule has 0 spiro atoms. The number of thioether (sulfide) groups is 1. The Morgan fingerprint density at radius 1 is 1.23 bits per heavy atom. The third-order valence-electron chi connectivity index (χ3n) is 3.43. The molecule has 0 aliphatic heterocycles. The molecular formula is C17H15NO2S2. The van der Waals surface area contributed by atoms with Crippen LogP contribution in [-0.4, -0.2) is 23.3 Å². The SMILES string of the molecule is CN(C)C(=S)SCc1cc(=O)oc2ccc3ccccc3c12. The second-order valence-corrected chi connectivity index (χ2v) is 6.81. The molecule has 0 saturated carbocycles. The van der Waals surface area contributed by atoms with Gasteiger partial charge in [0.1, 0.15) is 9.90 Å². The zero-order valence-corrected chi connectivity index (χ0v) is 14.0. The van der Waals surface area contributed by atoms with E-state index in [0.29, 0.717) is 11.3 Å². The van der Waals surface area contributed by atoms with Crippen molar-refractivity contribution in [3.05, 3.63) is 58.4 Å². The maximum absolute atomic E-state index is 11.8. The molecule has 1 heterocycles. The second-order valence-electron chi connectivity index (χ2n) is 5.20. The molecule has 3 nitrogen and oxygen atoms in total. The summed E-state index contributed by atoms with van der Waals surface area (Å²) < 4.78 is 6.15. The summed E-state index contributed by atoms with van der Waals surface area (Å²) in [6.07, 6.45) is 0. The van der Waals surface area contributed by atoms with Crippen molar-refractivity contribution >= 4 is 50.0 Å². The molecule has 0 saturated heterocycles. The van der Waals surface area contributed by atoms with Gasteiger partial charge in [-0.15, -0.1) is 0 Å². The van der Waals surface area contributed by atoms with Gasteiger partial charge in [-0.25, -0.2) is 4.79 Å². The van der Waals surface area contributed by atoms with Crippen molar-refractivity contribution in [3.63, 3.8) is 0 Å². The van der Waals surface area contributed by atoms with Crippen LogP contribution in [-0.2, 0) is 5.75 Å². The Kier molecular flexibility index (Phi) is 4.18. The van der Waals surface area contributed by atoms with Crippen LogP contribution in [0.3, 0.4) is 0 Å². The number of thiocarbonyl (C=S) groups is 1. The molecule has 0 bridgehead atoms. The molecule has 5 heteroatoms. The fourth-order valence-corrected chi connectivity index (χ4v) is 3.34. The average Bonchev–Trinajstić information content (AvgIpc) is 2.51. The first-order valence-corrected chi connectivity index (χ1v) is 8.24. The van der Waals surface area contributed by atoms with Gasteiger partial charge in [0, 0.05) is 31.3 Å². The minimum atomic E-state index is -0.325. The van der Waals surface area contributed by atoms with Gasteiger partial charge < -0.3 is 9.32 Å². The molecule has 3 aromatic rings. The predicted octanol–water partition coefficient (Wildman–Crippen LogP) is 4.03. The van der Waals surface area contributed by atoms with Crippen molar-refractivity contribution in [2.45, 2.75) is 5.75 Å². The van der Waals surface area contributed by atoms with E-state index >= 15 is 0 Å². The molecule has 0 N–H and O–H groups in total. The first-order chi connectivity index (χ1) is 10.6. The van der Waals surface area contributed by atoms with Crippen LogP contribution >= 0.6 is 24.0 Å². The number of hydrogen-bond acceptors (Lipinski definition) is 4. The highest BCUT2D eigenvalue weighted by molar-refractivity contribution is 8.22. The Balaban J connectivity index is 2.17. The Morgan fingerprint density at radius 2 is 2.00 bits per heavy atom. The van der Waals surface area contributed by atoms with E-state index in [0.717, 1.165) is 26.0 Å². The highest BCUT2D eigenvalue weighted by Crippen LogP contribution is 2.29. The summed E-state index contributed by atoms with van der Waals surface area (Å²) >= 11 is 6.86. The van der Waals surface area contributed by atoms with Crippen LogP contribution in [0.25, 0.3) is 21.7 Å². The van der Waals surface area contributed by atoms with Crippen molar-refractivity contribution in [1.82, 2.24) is 4.90 Å². The zero-order valence-electron chi connectivity index (χ0n) is 12.3. The highest BCUT2D eigenvalue weighted by Gasteiger charge is 2.11. The van der Waals surface area contributed by atoms with Crippen molar-refractivity contribution in [3.8, 4) is 0 Å². The van der Waals surface area contributed by atoms with Gasteiger partial charge >= 0.3 is 5.63 Å². The smallest absolute Gasteiger partial charge is 0.336 e. The Morgan fingerprint density at radius 3 is 2.77 bits per heavy atom. The lowest BCUT2D eigenvalue weighted by Gasteiger charge is -2.13. The first-order valence-electron chi connectivity index (χ1n) is 6.85. The van der Waals surface area contributed by atoms with Crippen LogP contribution in [0, 0.1) is 0 Å². The second kappa shape index (κ2) is 6.10. The Labute approximate surface area is 137 Å². The third-order valence-corrected chi connectivity index (χ3v) is 5.22. The lowest BCUT2D eigenvalue weighted by molar-refractivity contribution is 0.560. The van der Waals surface area contributed by atoms with Crippen LogP contribution in [0.1, 0.15) is 5.56 Å². The molecule has 0 aliphatic rings. The van der Waals surface area contributed by atoms with E-state index in [-0.39, 0.29) is 5.63 Å². The summed E-state index contributed by atoms with van der Waals surface area (Å²) in [6, 6.07) is 13.5. The molecule has 0 fully saturated rings. The standard InChI is InChI=1S/C17H15NO2S2/c1-18(2)17(21)22-10-12-9-15(19)20-14-8-7-11-5-3-4-6-13(11)16(12)14/h3-9H,10H2,1-2H3. The zero-order chi connectivity index (χ0) is 15.7. The van der Waals surface area contributed by atoms with E-state index in [1.54, 1.807) is 17.8 Å². The minimum Gasteiger partial charge on any atom is -0.423 e. The van der Waals surface area contributed by atoms with E-state index in [1.807, 2.05) is 43.3 Å². The van der Waals surface area contributed by atoms with Gasteiger partial charge in [-0.2, -0.15) is 0 Å². The molecule has 0 unspecified atom stereocenters. The van der Waals surface area contributed by atoms with E-state index < -0.39 is 0 Å². The first kappa shape index (κ1) is 15.1. The van der Waals surface area contributed by atoms with Gasteiger partial charge in [0.25, 0.3) is 0 Å². The summed E-state index contributed by atoms with van der Waals surface area (Å²) in [5.74, 6) is 0.646. The van der Waals surface area contributed by atoms with E-state index in [9.17, 15) is 4.79 Å². The lowest BCUT2D eigenvalue weighted by Crippen LogP contribution is -2.16. The fraction of sp³-hybridized carbons (Fsp3) is 0.176. The molecule has 22 heavy (non-hydrogen) atoms. The van der Waals surface area contributed by atoms with Gasteiger partial charge in [0.2, 0.25) is 0 Å². The van der Waals surface area contributed by atoms with Crippen LogP contribution in [0.5, 0.6) is 0 Å². The molecule has 1 aromatic heterocycles. The largest absolute Gasteiger partial charge is 0.423 e. The van der Waals surface area contributed by atoms with Crippen molar-refractivity contribution < 1.29 is 4.42 Å². The molecule has 0 atom stereocenters. The monoisotopic (exact) mass is 329 g/mol. The summed E-state index contributed by atoms with van der Waals surface area (Å²) in [7, 11) is 3.84. The number of fused-ring (bicyclic) bond motifs is 3. The van der Waals surface area contributed by atoms with Crippen LogP contribution in [0.15, 0.2) is 51.7 Å². The number of benzene rings is 2. The van der Waals surface area contributed by atoms with E-state index in [2.05, 4.69) is 12.1 Å². The molecule has 0 amide bonds. The number of nitrogens with zero attached hydrogens (tertiary/aromatic N) is 1. The Bertz CT molecular complexity index is 915. The molecule has 3 rings (SSSR count). The predicted molar refractivity (Wildman–Crippen MR) is 97.6 cm³/mol. The summed E-state index contributed by atoms with van der Waals surface area (Å²) in [6.45, 7) is 0. The van der Waals surface area contributed by atoms with Crippen molar-refractivity contribution in [2.75, 3.05) is 14.1 Å². The maximum Gasteiger partial charge on any atom is 0.336 e. The van der Waals surface area contributed by atoms with Gasteiger partial charge in [0.15, 0.2) is 0 Å². The topological polar surface area (TPSA) is 33.5 Å². The minimum absolute atomic E-state index is 0.325. The van der Waals surface area contributed by atoms with Gasteiger partial charge in [-0.3, -0.25) is 0 Å². The molecule has 2 aromatic carbocycles. The maximum atomic E-state index is 11.8. The normalized spacial score (nSPS) is 11.0. The summed E-state index contributed by atoms with van der Waals surface area (Å²) in [5.41, 5.74) is 1.25. The van der Waals surface area contributed by atoms with Crippen LogP contribution in [0.2, 0.25) is 0 Å². The fourth-order valence-electron chi connectivity index (χ4n) is 2.40. The number of hydrogen-bond donors (Lipinski definition) is 0. The summed E-state index contributed by atoms with van der Waals surface area (Å²) in [4.78, 5) is 13.7. The van der Waals surface area contributed by atoms with Crippen LogP contribution < -0.4 is 5.63 Å². The molecular weight excluding hydrogens is 314 g/mol. The summed E-state index contributed by atoms with van der Waals surface area (Å²) in [5, 5.41) is 3.21. The molecule has 0 aliphatic carbocycles. The van der Waals surface area contributed by atoms with Gasteiger partial charge in [-0.1, -0.05) is 54.3 Å². The average molecular weight is 329 g/mol. The Hall–Kier alpha value is -1.85. The lowest BCUT2D eigenvalue weighted by atomic mass is 10.0. The van der Waals surface area contributed by atoms with E-state index in [1.165, 1.54) is 0 Å². The highest BCUT2D eigenvalue weighted by atomic mass is 32.2. The van der Waals surface area contributed by atoms with Crippen LogP contribution in [0.4, 0.5) is 0 Å². The van der Waals surface area contributed by atoms with Crippen molar-refractivity contribution in [2.24, 2.45) is 0 Å². The molecule has 112 valence electrons. The third kappa shape index (κ3) is 2.87. The number of rotatable bonds is 2. The van der Waals surface area contributed by atoms with Crippen molar-refractivity contribution in [1.29, 1.82) is 0 Å². The van der Waals surface area contributed by atoms with E-state index in [4.69, 9.17) is 16.6 Å². The molecule has 0 radical (unpaired) electrons. The van der Waals surface area contributed by atoms with Gasteiger partial charge in [0.05, 0.1) is 0 Å². The quantitative estimate of drug-likeness (QED) is 0.403. The van der Waals surface area contributed by atoms with Gasteiger partial charge in [-0.05, 0) is 22.4 Å².